The van der Waals surface area contributed by atoms with Crippen molar-refractivity contribution in [3.8, 4) is 0 Å². The van der Waals surface area contributed by atoms with Crippen LogP contribution in [0.5, 0.6) is 0 Å². The molecule has 0 spiro atoms. The number of aromatic nitrogens is 3. The first-order chi connectivity index (χ1) is 8.31. The summed E-state index contributed by atoms with van der Waals surface area (Å²) in [5.74, 6) is 3.12. The van der Waals surface area contributed by atoms with Crippen molar-refractivity contribution in [2.24, 2.45) is 0 Å². The summed E-state index contributed by atoms with van der Waals surface area (Å²) in [6.45, 7) is 4.38. The van der Waals surface area contributed by atoms with E-state index < -0.39 is 0 Å². The maximum absolute atomic E-state index is 11.1. The van der Waals surface area contributed by atoms with Gasteiger partial charge in [0, 0.05) is 12.3 Å². The van der Waals surface area contributed by atoms with Crippen LogP contribution >= 0.6 is 11.8 Å². The molecule has 6 heteroatoms. The van der Waals surface area contributed by atoms with Crippen molar-refractivity contribution in [3.63, 3.8) is 0 Å². The molecule has 1 fully saturated rings. The van der Waals surface area contributed by atoms with Crippen molar-refractivity contribution in [2.75, 3.05) is 24.6 Å². The molecule has 0 bridgehead atoms. The molecule has 1 aliphatic rings. The zero-order valence-corrected chi connectivity index (χ0v) is 11.1. The minimum Gasteiger partial charge on any atom is -0.293 e. The number of nitrogens with one attached hydrogen (secondary N) is 2. The van der Waals surface area contributed by atoms with Crippen molar-refractivity contribution < 1.29 is 0 Å². The molecule has 2 heterocycles. The van der Waals surface area contributed by atoms with Crippen LogP contribution in [-0.4, -0.2) is 44.7 Å². The summed E-state index contributed by atoms with van der Waals surface area (Å²) in [6, 6.07) is 0.292. The van der Waals surface area contributed by atoms with Gasteiger partial charge in [0.1, 0.15) is 5.82 Å². The fourth-order valence-electron chi connectivity index (χ4n) is 2.34. The number of hydrogen-bond acceptors (Lipinski definition) is 4. The summed E-state index contributed by atoms with van der Waals surface area (Å²) in [7, 11) is 0. The van der Waals surface area contributed by atoms with Crippen LogP contribution in [-0.2, 0) is 0 Å². The van der Waals surface area contributed by atoms with E-state index in [0.717, 1.165) is 36.8 Å². The van der Waals surface area contributed by atoms with E-state index in [-0.39, 0.29) is 5.69 Å². The molecule has 0 saturated carbocycles. The largest absolute Gasteiger partial charge is 0.340 e. The molecule has 2 N–H and O–H groups in total. The molecule has 1 unspecified atom stereocenters. The molecular weight excluding hydrogens is 236 g/mol. The molecule has 1 saturated heterocycles. The van der Waals surface area contributed by atoms with Gasteiger partial charge in [0.15, 0.2) is 0 Å². The monoisotopic (exact) mass is 256 g/mol. The first kappa shape index (κ1) is 12.7. The Morgan fingerprint density at radius 2 is 2.41 bits per heavy atom. The van der Waals surface area contributed by atoms with Crippen molar-refractivity contribution in [3.05, 3.63) is 16.3 Å². The van der Waals surface area contributed by atoms with Gasteiger partial charge in [0.2, 0.25) is 0 Å². The second-order valence-corrected chi connectivity index (χ2v) is 5.70. The zero-order chi connectivity index (χ0) is 12.1. The Bertz CT molecular complexity index is 389. The van der Waals surface area contributed by atoms with Gasteiger partial charge in [0.25, 0.3) is 0 Å². The van der Waals surface area contributed by atoms with Crippen molar-refractivity contribution in [1.82, 2.24) is 20.1 Å². The summed E-state index contributed by atoms with van der Waals surface area (Å²) in [4.78, 5) is 16.3. The average molecular weight is 256 g/mol. The summed E-state index contributed by atoms with van der Waals surface area (Å²) in [5.41, 5.74) is -0.201. The molecule has 1 atom stereocenters. The van der Waals surface area contributed by atoms with Crippen molar-refractivity contribution in [2.45, 2.75) is 32.2 Å². The third kappa shape index (κ3) is 3.35. The van der Waals surface area contributed by atoms with Gasteiger partial charge in [-0.2, -0.15) is 16.9 Å². The van der Waals surface area contributed by atoms with Gasteiger partial charge in [-0.05, 0) is 25.1 Å². The Labute approximate surface area is 105 Å². The van der Waals surface area contributed by atoms with Crippen LogP contribution in [0, 0.1) is 0 Å². The van der Waals surface area contributed by atoms with Crippen LogP contribution in [0.4, 0.5) is 0 Å². The smallest absolute Gasteiger partial charge is 0.293 e. The topological polar surface area (TPSA) is 64.8 Å². The van der Waals surface area contributed by atoms with Crippen LogP contribution < -0.4 is 5.69 Å². The molecule has 1 aromatic rings. The predicted molar refractivity (Wildman–Crippen MR) is 70.4 cm³/mol. The third-order valence-electron chi connectivity index (χ3n) is 3.18. The molecule has 0 radical (unpaired) electrons. The lowest BCUT2D eigenvalue weighted by Crippen LogP contribution is -2.35. The van der Waals surface area contributed by atoms with Gasteiger partial charge >= 0.3 is 5.69 Å². The number of piperidine rings is 1. The molecule has 0 amide bonds. The molecular formula is C11H20N4OS. The maximum Gasteiger partial charge on any atom is 0.340 e. The number of hydrogen-bond donors (Lipinski definition) is 2. The highest BCUT2D eigenvalue weighted by molar-refractivity contribution is 7.99. The fraction of sp³-hybridized carbons (Fsp3) is 0.818. The first-order valence-electron chi connectivity index (χ1n) is 6.27. The quantitative estimate of drug-likeness (QED) is 0.781. The predicted octanol–water partition coefficient (Wildman–Crippen LogP) is 1.38. The molecule has 2 rings (SSSR count). The van der Waals surface area contributed by atoms with Crippen LogP contribution in [0.2, 0.25) is 0 Å². The van der Waals surface area contributed by atoms with Gasteiger partial charge in [-0.25, -0.2) is 9.89 Å². The number of thioether (sulfide) groups is 1. The normalized spacial score (nSPS) is 21.8. The maximum atomic E-state index is 11.1. The Kier molecular flexibility index (Phi) is 4.67. The Balaban J connectivity index is 1.99. The van der Waals surface area contributed by atoms with E-state index in [1.807, 2.05) is 11.8 Å². The number of nitrogens with zero attached hydrogens (tertiary/aromatic N) is 2. The van der Waals surface area contributed by atoms with Crippen LogP contribution in [0.15, 0.2) is 4.79 Å². The van der Waals surface area contributed by atoms with Crippen LogP contribution in [0.3, 0.4) is 0 Å². The van der Waals surface area contributed by atoms with Crippen molar-refractivity contribution >= 4 is 11.8 Å². The molecule has 0 aliphatic carbocycles. The SMILES string of the molecule is CCSCCN1CCCCC1c1n[nH]c(=O)[nH]1. The zero-order valence-electron chi connectivity index (χ0n) is 10.2. The molecule has 1 aromatic heterocycles. The highest BCUT2D eigenvalue weighted by Crippen LogP contribution is 2.27. The summed E-state index contributed by atoms with van der Waals surface area (Å²) >= 11 is 1.96. The highest BCUT2D eigenvalue weighted by Gasteiger charge is 2.25. The van der Waals surface area contributed by atoms with Gasteiger partial charge in [-0.15, -0.1) is 0 Å². The lowest BCUT2D eigenvalue weighted by atomic mass is 10.0. The van der Waals surface area contributed by atoms with E-state index in [9.17, 15) is 4.79 Å². The average Bonchev–Trinajstić information content (AvgIpc) is 2.77. The molecule has 1 aliphatic heterocycles. The van der Waals surface area contributed by atoms with Gasteiger partial charge in [-0.1, -0.05) is 13.3 Å². The van der Waals surface area contributed by atoms with E-state index in [2.05, 4.69) is 27.0 Å². The number of aromatic amines is 2. The van der Waals surface area contributed by atoms with Gasteiger partial charge < -0.3 is 0 Å². The number of likely N-dealkylation sites (tertiary alicyclic amines) is 1. The summed E-state index contributed by atoms with van der Waals surface area (Å²) in [6.07, 6.45) is 3.57. The van der Waals surface area contributed by atoms with E-state index in [1.165, 1.54) is 12.8 Å². The summed E-state index contributed by atoms with van der Waals surface area (Å²) in [5, 5.41) is 6.54. The minimum atomic E-state index is -0.201. The van der Waals surface area contributed by atoms with Crippen molar-refractivity contribution in [1.29, 1.82) is 0 Å². The second kappa shape index (κ2) is 6.26. The lowest BCUT2D eigenvalue weighted by Gasteiger charge is -2.34. The second-order valence-electron chi connectivity index (χ2n) is 4.31. The van der Waals surface area contributed by atoms with E-state index in [4.69, 9.17) is 0 Å². The third-order valence-corrected chi connectivity index (χ3v) is 4.06. The molecule has 0 aromatic carbocycles. The van der Waals surface area contributed by atoms with E-state index in [0.29, 0.717) is 6.04 Å². The fourth-order valence-corrected chi connectivity index (χ4v) is 2.99. The van der Waals surface area contributed by atoms with E-state index >= 15 is 0 Å². The Morgan fingerprint density at radius 3 is 3.12 bits per heavy atom. The number of H-pyrrole nitrogens is 2. The standard InChI is InChI=1S/C11H20N4OS/c1-2-17-8-7-15-6-4-3-5-9(15)10-12-11(16)14-13-10/h9H,2-8H2,1H3,(H2,12,13,14,16). The highest BCUT2D eigenvalue weighted by atomic mass is 32.2. The van der Waals surface area contributed by atoms with Gasteiger partial charge in [0.05, 0.1) is 6.04 Å². The molecule has 17 heavy (non-hydrogen) atoms. The van der Waals surface area contributed by atoms with E-state index in [1.54, 1.807) is 0 Å². The van der Waals surface area contributed by atoms with Crippen LogP contribution in [0.1, 0.15) is 38.1 Å². The number of rotatable bonds is 5. The Morgan fingerprint density at radius 1 is 1.53 bits per heavy atom. The lowest BCUT2D eigenvalue weighted by molar-refractivity contribution is 0.152. The molecule has 5 nitrogen and oxygen atoms in total. The molecule has 96 valence electrons. The summed E-state index contributed by atoms with van der Waals surface area (Å²) < 4.78 is 0. The minimum absolute atomic E-state index is 0.201. The van der Waals surface area contributed by atoms with Gasteiger partial charge in [-0.3, -0.25) is 9.88 Å². The Hall–Kier alpha value is -0.750. The van der Waals surface area contributed by atoms with Crippen LogP contribution in [0.25, 0.3) is 0 Å². The first-order valence-corrected chi connectivity index (χ1v) is 7.43.